The maximum absolute atomic E-state index is 13.0. The molecule has 0 radical (unpaired) electrons. The van der Waals surface area contributed by atoms with Crippen molar-refractivity contribution >= 4 is 17.6 Å². The van der Waals surface area contributed by atoms with Crippen molar-refractivity contribution in [1.82, 2.24) is 15.5 Å². The van der Waals surface area contributed by atoms with Gasteiger partial charge in [0.05, 0.1) is 0 Å². The summed E-state index contributed by atoms with van der Waals surface area (Å²) in [6.45, 7) is 5.44. The van der Waals surface area contributed by atoms with Crippen molar-refractivity contribution in [3.63, 3.8) is 0 Å². The first kappa shape index (κ1) is 19.5. The van der Waals surface area contributed by atoms with Crippen molar-refractivity contribution in [2.24, 2.45) is 0 Å². The van der Waals surface area contributed by atoms with E-state index in [4.69, 9.17) is 4.74 Å². The summed E-state index contributed by atoms with van der Waals surface area (Å²) in [7, 11) is 1.78. The van der Waals surface area contributed by atoms with Crippen LogP contribution in [0.4, 0.5) is 10.5 Å². The van der Waals surface area contributed by atoms with E-state index in [0.29, 0.717) is 5.70 Å². The number of amides is 3. The molecule has 0 unspecified atom stereocenters. The van der Waals surface area contributed by atoms with E-state index in [1.807, 2.05) is 37.3 Å². The number of carbonyl (C=O) groups excluding carboxylic acids is 2. The van der Waals surface area contributed by atoms with Crippen LogP contribution in [-0.2, 0) is 9.53 Å². The van der Waals surface area contributed by atoms with Crippen LogP contribution >= 0.6 is 0 Å². The zero-order valence-electron chi connectivity index (χ0n) is 15.7. The van der Waals surface area contributed by atoms with Crippen molar-refractivity contribution in [1.29, 1.82) is 0 Å². The molecule has 0 aliphatic carbocycles. The summed E-state index contributed by atoms with van der Waals surface area (Å²) in [6.07, 6.45) is 5.25. The van der Waals surface area contributed by atoms with Crippen LogP contribution in [0.25, 0.3) is 0 Å². The predicted octanol–water partition coefficient (Wildman–Crippen LogP) is 2.39. The number of hydrogen-bond donors (Lipinski definition) is 2. The van der Waals surface area contributed by atoms with Crippen molar-refractivity contribution in [2.45, 2.75) is 26.3 Å². The first-order valence-corrected chi connectivity index (χ1v) is 8.45. The Morgan fingerprint density at radius 1 is 1.23 bits per heavy atom. The number of ether oxygens (including phenoxy) is 1. The molecular formula is C19H26N4O3. The lowest BCUT2D eigenvalue weighted by Crippen LogP contribution is -2.63. The van der Waals surface area contributed by atoms with Crippen LogP contribution in [0.5, 0.6) is 0 Å². The zero-order valence-corrected chi connectivity index (χ0v) is 15.7. The fourth-order valence-corrected chi connectivity index (χ4v) is 2.46. The molecule has 0 atom stereocenters. The molecule has 0 aromatic heterocycles. The van der Waals surface area contributed by atoms with Gasteiger partial charge >= 0.3 is 6.03 Å². The molecule has 1 aliphatic rings. The minimum absolute atomic E-state index is 0.0557. The summed E-state index contributed by atoms with van der Waals surface area (Å²) in [5.41, 5.74) is 0.277. The van der Waals surface area contributed by atoms with Gasteiger partial charge < -0.3 is 15.4 Å². The van der Waals surface area contributed by atoms with E-state index in [9.17, 15) is 9.59 Å². The molecule has 0 spiro atoms. The van der Waals surface area contributed by atoms with Crippen LogP contribution in [-0.4, -0.2) is 42.9 Å². The highest BCUT2D eigenvalue weighted by molar-refractivity contribution is 5.97. The Labute approximate surface area is 154 Å². The molecule has 2 N–H and O–H groups in total. The average Bonchev–Trinajstić information content (AvgIpc) is 2.65. The van der Waals surface area contributed by atoms with Gasteiger partial charge in [-0.25, -0.2) is 4.79 Å². The van der Waals surface area contributed by atoms with Gasteiger partial charge in [0.1, 0.15) is 19.0 Å². The van der Waals surface area contributed by atoms with Gasteiger partial charge in [-0.3, -0.25) is 14.6 Å². The van der Waals surface area contributed by atoms with Gasteiger partial charge in [-0.05, 0) is 45.2 Å². The van der Waals surface area contributed by atoms with Gasteiger partial charge in [0.2, 0.25) is 5.91 Å². The minimum atomic E-state index is -1.09. The Bertz CT molecular complexity index is 698. The Morgan fingerprint density at radius 3 is 2.54 bits per heavy atom. The molecule has 1 saturated heterocycles. The second kappa shape index (κ2) is 8.53. The average molecular weight is 358 g/mol. The lowest BCUT2D eigenvalue weighted by molar-refractivity contribution is -0.133. The number of para-hydroxylation sites is 1. The largest absolute Gasteiger partial charge is 0.394 e. The topological polar surface area (TPSA) is 73.9 Å². The maximum atomic E-state index is 13.0. The lowest BCUT2D eigenvalue weighted by Gasteiger charge is -2.43. The summed E-state index contributed by atoms with van der Waals surface area (Å²) in [5.74, 6) is -0.293. The van der Waals surface area contributed by atoms with Crippen LogP contribution in [0, 0.1) is 0 Å². The molecule has 0 bridgehead atoms. The summed E-state index contributed by atoms with van der Waals surface area (Å²) >= 11 is 0. The Kier molecular flexibility index (Phi) is 6.41. The van der Waals surface area contributed by atoms with E-state index in [0.717, 1.165) is 5.69 Å². The second-order valence-electron chi connectivity index (χ2n) is 6.32. The molecule has 7 heteroatoms. The minimum Gasteiger partial charge on any atom is -0.394 e. The number of nitrogens with one attached hydrogen (secondary N) is 2. The number of allylic oxidation sites excluding steroid dienone is 2. The van der Waals surface area contributed by atoms with Crippen molar-refractivity contribution < 1.29 is 14.3 Å². The summed E-state index contributed by atoms with van der Waals surface area (Å²) in [6, 6.07) is 8.98. The van der Waals surface area contributed by atoms with Gasteiger partial charge in [-0.1, -0.05) is 24.3 Å². The van der Waals surface area contributed by atoms with E-state index in [1.165, 1.54) is 9.80 Å². The number of anilines is 1. The molecule has 7 nitrogen and oxygen atoms in total. The lowest BCUT2D eigenvalue weighted by atomic mass is 10.0. The SMILES string of the molecule is C/C=C(\C=C/NC)NC(=O)C(C)(C)N1COCN(c2ccccc2)C1=O. The maximum Gasteiger partial charge on any atom is 0.329 e. The van der Waals surface area contributed by atoms with E-state index in [1.54, 1.807) is 39.2 Å². The zero-order chi connectivity index (χ0) is 19.2. The summed E-state index contributed by atoms with van der Waals surface area (Å²) < 4.78 is 5.56. The van der Waals surface area contributed by atoms with E-state index in [-0.39, 0.29) is 25.4 Å². The van der Waals surface area contributed by atoms with Gasteiger partial charge in [0.25, 0.3) is 0 Å². The molecule has 1 aromatic rings. The second-order valence-corrected chi connectivity index (χ2v) is 6.32. The van der Waals surface area contributed by atoms with Crippen molar-refractivity contribution in [2.75, 3.05) is 25.4 Å². The van der Waals surface area contributed by atoms with Gasteiger partial charge in [-0.15, -0.1) is 0 Å². The van der Waals surface area contributed by atoms with Gasteiger partial charge in [0.15, 0.2) is 0 Å². The molecule has 0 saturated carbocycles. The molecule has 1 aromatic carbocycles. The molecule has 2 rings (SSSR count). The number of benzene rings is 1. The van der Waals surface area contributed by atoms with Crippen LogP contribution < -0.4 is 15.5 Å². The predicted molar refractivity (Wildman–Crippen MR) is 101 cm³/mol. The van der Waals surface area contributed by atoms with Crippen LogP contribution in [0.1, 0.15) is 20.8 Å². The standard InChI is InChI=1S/C19H26N4O3/c1-5-15(11-12-20-4)21-17(24)19(2,3)23-14-26-13-22(18(23)25)16-9-7-6-8-10-16/h5-12,20H,13-14H2,1-4H3,(H,21,24)/b12-11-,15-5+. The highest BCUT2D eigenvalue weighted by Gasteiger charge is 2.42. The van der Waals surface area contributed by atoms with Crippen molar-refractivity contribution in [3.05, 3.63) is 54.4 Å². The fourth-order valence-electron chi connectivity index (χ4n) is 2.46. The molecule has 3 amide bonds. The third-order valence-corrected chi connectivity index (χ3v) is 4.20. The Hall–Kier alpha value is -2.80. The van der Waals surface area contributed by atoms with Gasteiger partial charge in [0, 0.05) is 18.4 Å². The van der Waals surface area contributed by atoms with Crippen LogP contribution in [0.3, 0.4) is 0 Å². The quantitative estimate of drug-likeness (QED) is 0.766. The molecule has 1 aliphatic heterocycles. The number of rotatable bonds is 6. The third-order valence-electron chi connectivity index (χ3n) is 4.20. The van der Waals surface area contributed by atoms with Crippen LogP contribution in [0.2, 0.25) is 0 Å². The first-order chi connectivity index (χ1) is 12.4. The number of urea groups is 1. The Balaban J connectivity index is 2.17. The molecule has 1 heterocycles. The number of carbonyl (C=O) groups is 2. The molecule has 140 valence electrons. The summed E-state index contributed by atoms with van der Waals surface area (Å²) in [4.78, 5) is 28.7. The third kappa shape index (κ3) is 4.23. The normalized spacial score (nSPS) is 16.2. The molecule has 1 fully saturated rings. The highest BCUT2D eigenvalue weighted by atomic mass is 16.5. The van der Waals surface area contributed by atoms with Crippen molar-refractivity contribution in [3.8, 4) is 0 Å². The number of nitrogens with zero attached hydrogens (tertiary/aromatic N) is 2. The molecule has 26 heavy (non-hydrogen) atoms. The summed E-state index contributed by atoms with van der Waals surface area (Å²) in [5, 5.41) is 5.72. The van der Waals surface area contributed by atoms with Crippen LogP contribution in [0.15, 0.2) is 54.4 Å². The smallest absolute Gasteiger partial charge is 0.329 e. The van der Waals surface area contributed by atoms with E-state index < -0.39 is 5.54 Å². The van der Waals surface area contributed by atoms with E-state index >= 15 is 0 Å². The molecular weight excluding hydrogens is 332 g/mol. The highest BCUT2D eigenvalue weighted by Crippen LogP contribution is 2.24. The Morgan fingerprint density at radius 2 is 1.92 bits per heavy atom. The number of hydrogen-bond acceptors (Lipinski definition) is 4. The monoisotopic (exact) mass is 358 g/mol. The van der Waals surface area contributed by atoms with E-state index in [2.05, 4.69) is 10.6 Å². The fraction of sp³-hybridized carbons (Fsp3) is 0.368. The van der Waals surface area contributed by atoms with Gasteiger partial charge in [-0.2, -0.15) is 0 Å². The first-order valence-electron chi connectivity index (χ1n) is 8.45.